The van der Waals surface area contributed by atoms with Crippen molar-refractivity contribution in [1.29, 1.82) is 0 Å². The summed E-state index contributed by atoms with van der Waals surface area (Å²) in [5, 5.41) is 13.2. The fraction of sp³-hybridized carbons (Fsp3) is 0.188. The molecule has 0 bridgehead atoms. The van der Waals surface area contributed by atoms with Gasteiger partial charge in [-0.25, -0.2) is 0 Å². The number of benzene rings is 2. The molecule has 24 heavy (non-hydrogen) atoms. The monoisotopic (exact) mass is 368 g/mol. The largest absolute Gasteiger partial charge is 0.483 e. The highest BCUT2D eigenvalue weighted by Crippen LogP contribution is 2.33. The van der Waals surface area contributed by atoms with E-state index in [9.17, 15) is 14.9 Å². The van der Waals surface area contributed by atoms with Gasteiger partial charge in [-0.1, -0.05) is 35.3 Å². The number of nitro benzene ring substituents is 1. The molecule has 1 amide bonds. The van der Waals surface area contributed by atoms with E-state index in [0.29, 0.717) is 5.75 Å². The van der Waals surface area contributed by atoms with Crippen LogP contribution in [0, 0.1) is 24.0 Å². The molecule has 0 fully saturated rings. The first-order valence-corrected chi connectivity index (χ1v) is 7.67. The van der Waals surface area contributed by atoms with Crippen LogP contribution in [0.2, 0.25) is 10.0 Å². The number of carbonyl (C=O) groups is 1. The van der Waals surface area contributed by atoms with E-state index in [1.54, 1.807) is 6.07 Å². The van der Waals surface area contributed by atoms with Crippen LogP contribution in [0.5, 0.6) is 5.75 Å². The number of hydrogen-bond acceptors (Lipinski definition) is 4. The third-order valence-electron chi connectivity index (χ3n) is 3.42. The molecule has 0 aliphatic carbocycles. The fourth-order valence-corrected chi connectivity index (χ4v) is 2.42. The first kappa shape index (κ1) is 18.0. The van der Waals surface area contributed by atoms with Crippen LogP contribution in [-0.4, -0.2) is 17.4 Å². The van der Waals surface area contributed by atoms with Crippen molar-refractivity contribution < 1.29 is 14.5 Å². The van der Waals surface area contributed by atoms with E-state index in [2.05, 4.69) is 5.32 Å². The number of aryl methyl sites for hydroxylation is 1. The van der Waals surface area contributed by atoms with Crippen LogP contribution in [0.25, 0.3) is 0 Å². The molecule has 0 saturated heterocycles. The quantitative estimate of drug-likeness (QED) is 0.620. The van der Waals surface area contributed by atoms with E-state index >= 15 is 0 Å². The van der Waals surface area contributed by atoms with Crippen LogP contribution >= 0.6 is 23.2 Å². The molecule has 2 rings (SSSR count). The zero-order valence-electron chi connectivity index (χ0n) is 12.9. The van der Waals surface area contributed by atoms with Gasteiger partial charge in [-0.05, 0) is 37.1 Å². The van der Waals surface area contributed by atoms with Crippen LogP contribution in [0.15, 0.2) is 30.3 Å². The summed E-state index contributed by atoms with van der Waals surface area (Å²) in [5.74, 6) is 0.153. The molecule has 126 valence electrons. The summed E-state index contributed by atoms with van der Waals surface area (Å²) in [7, 11) is 0. The number of halogens is 2. The van der Waals surface area contributed by atoms with Crippen LogP contribution in [0.1, 0.15) is 11.1 Å². The van der Waals surface area contributed by atoms with E-state index in [0.717, 1.165) is 17.2 Å². The minimum absolute atomic E-state index is 0.0196. The average molecular weight is 369 g/mol. The molecule has 0 aliphatic rings. The minimum atomic E-state index is -0.649. The molecular formula is C16H14Cl2N2O4. The average Bonchev–Trinajstić information content (AvgIpc) is 2.51. The lowest BCUT2D eigenvalue weighted by Gasteiger charge is -2.12. The SMILES string of the molecule is Cc1cccc(OCC(=O)Nc2cc(Cl)c([N+](=O)[O-])cc2Cl)c1C. The Kier molecular flexibility index (Phi) is 5.64. The van der Waals surface area contributed by atoms with Crippen molar-refractivity contribution in [3.63, 3.8) is 0 Å². The summed E-state index contributed by atoms with van der Waals surface area (Å²) in [6, 6.07) is 7.87. The molecule has 0 unspecified atom stereocenters. The second kappa shape index (κ2) is 7.51. The zero-order chi connectivity index (χ0) is 17.9. The van der Waals surface area contributed by atoms with Gasteiger partial charge in [-0.15, -0.1) is 0 Å². The van der Waals surface area contributed by atoms with Gasteiger partial charge >= 0.3 is 0 Å². The molecule has 0 aliphatic heterocycles. The van der Waals surface area contributed by atoms with Crippen molar-refractivity contribution in [3.05, 3.63) is 61.6 Å². The molecular weight excluding hydrogens is 355 g/mol. The molecule has 0 heterocycles. The number of nitrogens with zero attached hydrogens (tertiary/aromatic N) is 1. The molecule has 0 aromatic heterocycles. The molecule has 0 saturated carbocycles. The van der Waals surface area contributed by atoms with E-state index < -0.39 is 10.8 Å². The number of amides is 1. The molecule has 6 nitrogen and oxygen atoms in total. The summed E-state index contributed by atoms with van der Waals surface area (Å²) in [6.07, 6.45) is 0. The van der Waals surface area contributed by atoms with Crippen molar-refractivity contribution in [2.24, 2.45) is 0 Å². The number of carbonyl (C=O) groups excluding carboxylic acids is 1. The van der Waals surface area contributed by atoms with E-state index in [-0.39, 0.29) is 28.0 Å². The summed E-state index contributed by atoms with van der Waals surface area (Å²) < 4.78 is 5.49. The van der Waals surface area contributed by atoms with E-state index in [1.807, 2.05) is 26.0 Å². The van der Waals surface area contributed by atoms with Crippen LogP contribution in [-0.2, 0) is 4.79 Å². The first-order chi connectivity index (χ1) is 11.3. The van der Waals surface area contributed by atoms with Gasteiger partial charge in [0.25, 0.3) is 11.6 Å². The van der Waals surface area contributed by atoms with Gasteiger partial charge < -0.3 is 10.1 Å². The Morgan fingerprint density at radius 2 is 1.96 bits per heavy atom. The summed E-state index contributed by atoms with van der Waals surface area (Å²) in [5.41, 5.74) is 1.85. The third-order valence-corrected chi connectivity index (χ3v) is 4.04. The number of ether oxygens (including phenoxy) is 1. The smallest absolute Gasteiger partial charge is 0.289 e. The van der Waals surface area contributed by atoms with Gasteiger partial charge in [-0.2, -0.15) is 0 Å². The Morgan fingerprint density at radius 3 is 2.62 bits per heavy atom. The maximum Gasteiger partial charge on any atom is 0.289 e. The zero-order valence-corrected chi connectivity index (χ0v) is 14.4. The van der Waals surface area contributed by atoms with Crippen molar-refractivity contribution in [2.75, 3.05) is 11.9 Å². The number of hydrogen-bond donors (Lipinski definition) is 1. The highest BCUT2D eigenvalue weighted by Gasteiger charge is 2.17. The lowest BCUT2D eigenvalue weighted by Crippen LogP contribution is -2.20. The van der Waals surface area contributed by atoms with Gasteiger partial charge in [-0.3, -0.25) is 14.9 Å². The third kappa shape index (κ3) is 4.15. The van der Waals surface area contributed by atoms with Gasteiger partial charge in [0, 0.05) is 6.07 Å². The molecule has 2 aromatic carbocycles. The Morgan fingerprint density at radius 1 is 1.25 bits per heavy atom. The van der Waals surface area contributed by atoms with Crippen molar-refractivity contribution >= 4 is 40.5 Å². The van der Waals surface area contributed by atoms with Crippen LogP contribution in [0.4, 0.5) is 11.4 Å². The number of nitro groups is 1. The van der Waals surface area contributed by atoms with Crippen molar-refractivity contribution in [3.8, 4) is 5.75 Å². The topological polar surface area (TPSA) is 81.5 Å². The summed E-state index contributed by atoms with van der Waals surface area (Å²) in [6.45, 7) is 3.62. The molecule has 0 atom stereocenters. The number of anilines is 1. The Hall–Kier alpha value is -2.31. The number of nitrogens with one attached hydrogen (secondary N) is 1. The first-order valence-electron chi connectivity index (χ1n) is 6.92. The molecule has 0 radical (unpaired) electrons. The predicted octanol–water partition coefficient (Wildman–Crippen LogP) is 4.54. The van der Waals surface area contributed by atoms with Crippen LogP contribution < -0.4 is 10.1 Å². The predicted molar refractivity (Wildman–Crippen MR) is 93.2 cm³/mol. The lowest BCUT2D eigenvalue weighted by molar-refractivity contribution is -0.384. The van der Waals surface area contributed by atoms with Gasteiger partial charge in [0.2, 0.25) is 0 Å². The Labute approximate surface area is 148 Å². The molecule has 0 spiro atoms. The highest BCUT2D eigenvalue weighted by atomic mass is 35.5. The standard InChI is InChI=1S/C16H14Cl2N2O4/c1-9-4-3-5-15(10(9)2)24-8-16(21)19-13-6-12(18)14(20(22)23)7-11(13)17/h3-7H,8H2,1-2H3,(H,19,21). The molecule has 2 aromatic rings. The van der Waals surface area contributed by atoms with Gasteiger partial charge in [0.1, 0.15) is 10.8 Å². The lowest BCUT2D eigenvalue weighted by atomic mass is 10.1. The Bertz CT molecular complexity index is 809. The van der Waals surface area contributed by atoms with Gasteiger partial charge in [0.05, 0.1) is 15.6 Å². The second-order valence-corrected chi connectivity index (χ2v) is 5.89. The summed E-state index contributed by atoms with van der Waals surface area (Å²) in [4.78, 5) is 22.1. The minimum Gasteiger partial charge on any atom is -0.483 e. The van der Waals surface area contributed by atoms with Crippen molar-refractivity contribution in [2.45, 2.75) is 13.8 Å². The number of rotatable bonds is 5. The summed E-state index contributed by atoms with van der Waals surface area (Å²) >= 11 is 11.7. The second-order valence-electron chi connectivity index (χ2n) is 5.08. The maximum atomic E-state index is 12.0. The molecule has 1 N–H and O–H groups in total. The van der Waals surface area contributed by atoms with E-state index in [1.165, 1.54) is 6.07 Å². The highest BCUT2D eigenvalue weighted by molar-refractivity contribution is 6.37. The van der Waals surface area contributed by atoms with Gasteiger partial charge in [0.15, 0.2) is 6.61 Å². The van der Waals surface area contributed by atoms with Crippen LogP contribution in [0.3, 0.4) is 0 Å². The Balaban J connectivity index is 2.06. The van der Waals surface area contributed by atoms with Crippen molar-refractivity contribution in [1.82, 2.24) is 0 Å². The maximum absolute atomic E-state index is 12.0. The van der Waals surface area contributed by atoms with E-state index in [4.69, 9.17) is 27.9 Å². The molecule has 8 heteroatoms. The fourth-order valence-electron chi connectivity index (χ4n) is 1.98. The normalized spacial score (nSPS) is 10.3.